The van der Waals surface area contributed by atoms with Gasteiger partial charge >= 0.3 is 0 Å². The van der Waals surface area contributed by atoms with Crippen molar-refractivity contribution in [3.8, 4) is 11.5 Å². The fraction of sp³-hybridized carbons (Fsp3) is 0.294. The van der Waals surface area contributed by atoms with E-state index in [0.29, 0.717) is 11.4 Å². The largest absolute Gasteiger partial charge is 0.497 e. The first-order chi connectivity index (χ1) is 10.9. The Bertz CT molecular complexity index is 755. The van der Waals surface area contributed by atoms with Crippen molar-refractivity contribution in [3.63, 3.8) is 0 Å². The van der Waals surface area contributed by atoms with Gasteiger partial charge in [0.2, 0.25) is 10.0 Å². The normalized spacial score (nSPS) is 11.1. The fourth-order valence-electron chi connectivity index (χ4n) is 2.01. The number of benzene rings is 2. The van der Waals surface area contributed by atoms with Gasteiger partial charge in [-0.2, -0.15) is 0 Å². The Hall–Kier alpha value is -2.21. The van der Waals surface area contributed by atoms with Crippen molar-refractivity contribution < 1.29 is 17.9 Å². The molecule has 0 spiro atoms. The second-order valence-electron chi connectivity index (χ2n) is 5.26. The smallest absolute Gasteiger partial charge is 0.236 e. The lowest BCUT2D eigenvalue weighted by atomic mass is 10.1. The van der Waals surface area contributed by atoms with Gasteiger partial charge < -0.3 is 9.47 Å². The molecule has 124 valence electrons. The van der Waals surface area contributed by atoms with Crippen LogP contribution in [0.5, 0.6) is 11.5 Å². The molecule has 0 saturated heterocycles. The maximum absolute atomic E-state index is 12.1. The van der Waals surface area contributed by atoms with Crippen molar-refractivity contribution in [2.75, 3.05) is 24.2 Å². The van der Waals surface area contributed by atoms with Crippen LogP contribution in [0.2, 0.25) is 0 Å². The molecule has 1 N–H and O–H groups in total. The number of aryl methyl sites for hydroxylation is 2. The van der Waals surface area contributed by atoms with Crippen LogP contribution in [0.4, 0.5) is 5.69 Å². The summed E-state index contributed by atoms with van der Waals surface area (Å²) >= 11 is 0. The van der Waals surface area contributed by atoms with Gasteiger partial charge in [-0.05, 0) is 55.3 Å². The third-order valence-corrected chi connectivity index (χ3v) is 4.57. The van der Waals surface area contributed by atoms with Gasteiger partial charge in [0, 0.05) is 0 Å². The second kappa shape index (κ2) is 7.37. The zero-order valence-corrected chi connectivity index (χ0v) is 14.3. The van der Waals surface area contributed by atoms with E-state index in [1.165, 1.54) is 0 Å². The van der Waals surface area contributed by atoms with Gasteiger partial charge in [0.1, 0.15) is 23.9 Å². The average molecular weight is 335 g/mol. The van der Waals surface area contributed by atoms with Gasteiger partial charge in [0.05, 0.1) is 12.8 Å². The highest BCUT2D eigenvalue weighted by Gasteiger charge is 2.12. The molecule has 0 radical (unpaired) electrons. The number of ether oxygens (including phenoxy) is 2. The summed E-state index contributed by atoms with van der Waals surface area (Å²) in [5, 5.41) is 0. The number of methoxy groups -OCH3 is 1. The van der Waals surface area contributed by atoms with Crippen molar-refractivity contribution in [1.29, 1.82) is 0 Å². The minimum absolute atomic E-state index is 0.0759. The predicted molar refractivity (Wildman–Crippen MR) is 91.8 cm³/mol. The quantitative estimate of drug-likeness (QED) is 0.844. The van der Waals surface area contributed by atoms with Crippen LogP contribution < -0.4 is 14.2 Å². The van der Waals surface area contributed by atoms with Gasteiger partial charge in [0.15, 0.2) is 0 Å². The summed E-state index contributed by atoms with van der Waals surface area (Å²) < 4.78 is 37.4. The lowest BCUT2D eigenvalue weighted by Gasteiger charge is -2.12. The first-order valence-electron chi connectivity index (χ1n) is 7.24. The molecular formula is C17H21NO4S. The first-order valence-corrected chi connectivity index (χ1v) is 8.89. The zero-order valence-electron chi connectivity index (χ0n) is 13.5. The highest BCUT2D eigenvalue weighted by Crippen LogP contribution is 2.19. The van der Waals surface area contributed by atoms with E-state index in [1.54, 1.807) is 31.4 Å². The SMILES string of the molecule is COc1ccc(OCCS(=O)(=O)Nc2cc(C)ccc2C)cc1. The molecule has 0 aliphatic carbocycles. The van der Waals surface area contributed by atoms with E-state index in [2.05, 4.69) is 4.72 Å². The molecule has 0 heterocycles. The summed E-state index contributed by atoms with van der Waals surface area (Å²) in [5.74, 6) is 1.21. The molecule has 2 rings (SSSR count). The van der Waals surface area contributed by atoms with Gasteiger partial charge in [-0.3, -0.25) is 4.72 Å². The van der Waals surface area contributed by atoms with Gasteiger partial charge in [-0.1, -0.05) is 12.1 Å². The van der Waals surface area contributed by atoms with E-state index in [-0.39, 0.29) is 12.4 Å². The fourth-order valence-corrected chi connectivity index (χ4v) is 2.97. The second-order valence-corrected chi connectivity index (χ2v) is 7.11. The van der Waals surface area contributed by atoms with Crippen molar-refractivity contribution in [1.82, 2.24) is 0 Å². The third kappa shape index (κ3) is 5.17. The summed E-state index contributed by atoms with van der Waals surface area (Å²) in [6.45, 7) is 3.86. The van der Waals surface area contributed by atoms with Crippen LogP contribution in [-0.4, -0.2) is 27.9 Å². The number of nitrogens with one attached hydrogen (secondary N) is 1. The standard InChI is InChI=1S/C17H21NO4S/c1-13-4-5-14(2)17(12-13)18-23(19,20)11-10-22-16-8-6-15(21-3)7-9-16/h4-9,12,18H,10-11H2,1-3H3. The molecule has 23 heavy (non-hydrogen) atoms. The first kappa shape index (κ1) is 17.1. The monoisotopic (exact) mass is 335 g/mol. The molecule has 0 aliphatic heterocycles. The number of rotatable bonds is 7. The summed E-state index contributed by atoms with van der Waals surface area (Å²) in [7, 11) is -1.87. The lowest BCUT2D eigenvalue weighted by Crippen LogP contribution is -2.21. The molecule has 0 bridgehead atoms. The average Bonchev–Trinajstić information content (AvgIpc) is 2.51. The molecule has 2 aromatic carbocycles. The molecule has 0 amide bonds. The Morgan fingerprint density at radius 1 is 1.00 bits per heavy atom. The molecule has 2 aromatic rings. The van der Waals surface area contributed by atoms with Crippen LogP contribution in [0.1, 0.15) is 11.1 Å². The maximum Gasteiger partial charge on any atom is 0.236 e. The van der Waals surface area contributed by atoms with Crippen LogP contribution in [0.3, 0.4) is 0 Å². The lowest BCUT2D eigenvalue weighted by molar-refractivity contribution is 0.340. The number of anilines is 1. The van der Waals surface area contributed by atoms with Gasteiger partial charge in [0.25, 0.3) is 0 Å². The van der Waals surface area contributed by atoms with Crippen LogP contribution in [0.25, 0.3) is 0 Å². The van der Waals surface area contributed by atoms with Gasteiger partial charge in [-0.25, -0.2) is 8.42 Å². The van der Waals surface area contributed by atoms with Crippen molar-refractivity contribution >= 4 is 15.7 Å². The number of hydrogen-bond acceptors (Lipinski definition) is 4. The molecule has 5 nitrogen and oxygen atoms in total. The molecule has 6 heteroatoms. The highest BCUT2D eigenvalue weighted by atomic mass is 32.2. The van der Waals surface area contributed by atoms with E-state index >= 15 is 0 Å². The molecule has 0 fully saturated rings. The molecule has 0 aromatic heterocycles. The summed E-state index contributed by atoms with van der Waals surface area (Å²) in [5.41, 5.74) is 2.49. The van der Waals surface area contributed by atoms with E-state index in [1.807, 2.05) is 32.0 Å². The number of hydrogen-bond donors (Lipinski definition) is 1. The van der Waals surface area contributed by atoms with Crippen molar-refractivity contribution in [2.24, 2.45) is 0 Å². The van der Waals surface area contributed by atoms with Crippen molar-refractivity contribution in [2.45, 2.75) is 13.8 Å². The number of sulfonamides is 1. The van der Waals surface area contributed by atoms with Crippen LogP contribution in [0.15, 0.2) is 42.5 Å². The Kier molecular flexibility index (Phi) is 5.50. The molecular weight excluding hydrogens is 314 g/mol. The maximum atomic E-state index is 12.1. The van der Waals surface area contributed by atoms with Crippen LogP contribution in [-0.2, 0) is 10.0 Å². The molecule has 0 unspecified atom stereocenters. The van der Waals surface area contributed by atoms with E-state index in [4.69, 9.17) is 9.47 Å². The molecule has 0 atom stereocenters. The molecule has 0 aliphatic rings. The van der Waals surface area contributed by atoms with Crippen LogP contribution >= 0.6 is 0 Å². The Morgan fingerprint density at radius 2 is 1.65 bits per heavy atom. The topological polar surface area (TPSA) is 64.6 Å². The predicted octanol–water partition coefficient (Wildman–Crippen LogP) is 3.13. The van der Waals surface area contributed by atoms with Crippen molar-refractivity contribution in [3.05, 3.63) is 53.6 Å². The van der Waals surface area contributed by atoms with Crippen LogP contribution in [0, 0.1) is 13.8 Å². The zero-order chi connectivity index (χ0) is 16.9. The Morgan fingerprint density at radius 3 is 2.30 bits per heavy atom. The summed E-state index contributed by atoms with van der Waals surface area (Å²) in [6, 6.07) is 12.7. The summed E-state index contributed by atoms with van der Waals surface area (Å²) in [6.07, 6.45) is 0. The minimum atomic E-state index is -3.46. The third-order valence-electron chi connectivity index (χ3n) is 3.34. The van der Waals surface area contributed by atoms with Gasteiger partial charge in [-0.15, -0.1) is 0 Å². The highest BCUT2D eigenvalue weighted by molar-refractivity contribution is 7.92. The van der Waals surface area contributed by atoms with E-state index in [0.717, 1.165) is 16.9 Å². The Labute approximate surface area is 137 Å². The minimum Gasteiger partial charge on any atom is -0.497 e. The molecule has 0 saturated carbocycles. The Balaban J connectivity index is 1.92. The van der Waals surface area contributed by atoms with E-state index in [9.17, 15) is 8.42 Å². The van der Waals surface area contributed by atoms with E-state index < -0.39 is 10.0 Å². The summed E-state index contributed by atoms with van der Waals surface area (Å²) in [4.78, 5) is 0.